The van der Waals surface area contributed by atoms with Gasteiger partial charge in [0.25, 0.3) is 0 Å². The van der Waals surface area contributed by atoms with Crippen LogP contribution in [-0.2, 0) is 4.79 Å². The first-order chi connectivity index (χ1) is 9.25. The molecule has 1 atom stereocenters. The Labute approximate surface area is 119 Å². The molecule has 1 aliphatic rings. The van der Waals surface area contributed by atoms with Crippen LogP contribution in [0.2, 0.25) is 0 Å². The van der Waals surface area contributed by atoms with Crippen LogP contribution in [0.15, 0.2) is 0 Å². The predicted molar refractivity (Wildman–Crippen MR) is 74.5 cm³/mol. The van der Waals surface area contributed by atoms with E-state index in [9.17, 15) is 14.7 Å². The Morgan fingerprint density at radius 1 is 1.20 bits per heavy atom. The summed E-state index contributed by atoms with van der Waals surface area (Å²) in [6.45, 7) is 8.54. The topological polar surface area (TPSA) is 93.1 Å². The number of carbonyl (C=O) groups is 2. The van der Waals surface area contributed by atoms with Crippen molar-refractivity contribution >= 4 is 12.0 Å². The highest BCUT2D eigenvalue weighted by molar-refractivity contribution is 5.83. The van der Waals surface area contributed by atoms with E-state index in [1.54, 1.807) is 25.7 Å². The molecule has 1 heterocycles. The van der Waals surface area contributed by atoms with Gasteiger partial charge in [-0.25, -0.2) is 9.59 Å². The lowest BCUT2D eigenvalue weighted by Gasteiger charge is -2.36. The first kappa shape index (κ1) is 16.7. The Hall–Kier alpha value is -1.34. The Morgan fingerprint density at radius 3 is 2.15 bits per heavy atom. The normalized spacial score (nSPS) is 18.7. The minimum atomic E-state index is -1.02. The van der Waals surface area contributed by atoms with Crippen LogP contribution in [0.3, 0.4) is 0 Å². The monoisotopic (exact) mass is 287 g/mol. The molecule has 3 N–H and O–H groups in total. The average Bonchev–Trinajstić information content (AvgIpc) is 2.35. The van der Waals surface area contributed by atoms with Crippen molar-refractivity contribution in [3.05, 3.63) is 0 Å². The number of piperazine rings is 1. The number of rotatable bonds is 4. The molecule has 2 amide bonds. The highest BCUT2D eigenvalue weighted by Crippen LogP contribution is 2.19. The first-order valence-electron chi connectivity index (χ1n) is 6.87. The molecule has 7 heteroatoms. The van der Waals surface area contributed by atoms with Gasteiger partial charge in [0.2, 0.25) is 0 Å². The van der Waals surface area contributed by atoms with E-state index in [0.717, 1.165) is 0 Å². The highest BCUT2D eigenvalue weighted by atomic mass is 16.4. The van der Waals surface area contributed by atoms with Crippen molar-refractivity contribution < 1.29 is 19.8 Å². The molecule has 1 saturated heterocycles. The summed E-state index contributed by atoms with van der Waals surface area (Å²) >= 11 is 0. The Bertz CT molecular complexity index is 346. The largest absolute Gasteiger partial charge is 0.480 e. The van der Waals surface area contributed by atoms with Gasteiger partial charge >= 0.3 is 12.0 Å². The second kappa shape index (κ2) is 6.90. The smallest absolute Gasteiger partial charge is 0.326 e. The second-order valence-corrected chi connectivity index (χ2v) is 6.14. The number of hydrogen-bond donors (Lipinski definition) is 3. The van der Waals surface area contributed by atoms with E-state index in [0.29, 0.717) is 32.7 Å². The van der Waals surface area contributed by atoms with Gasteiger partial charge in [-0.2, -0.15) is 0 Å². The van der Waals surface area contributed by atoms with Crippen molar-refractivity contribution in [3.63, 3.8) is 0 Å². The van der Waals surface area contributed by atoms with Crippen LogP contribution in [0, 0.1) is 5.41 Å². The third-order valence-electron chi connectivity index (χ3n) is 3.46. The van der Waals surface area contributed by atoms with Gasteiger partial charge in [0.1, 0.15) is 6.04 Å². The fourth-order valence-corrected chi connectivity index (χ4v) is 2.18. The summed E-state index contributed by atoms with van der Waals surface area (Å²) in [6, 6.07) is -1.25. The maximum atomic E-state index is 12.1. The zero-order valence-electron chi connectivity index (χ0n) is 12.4. The second-order valence-electron chi connectivity index (χ2n) is 6.14. The van der Waals surface area contributed by atoms with Crippen molar-refractivity contribution in [2.75, 3.05) is 39.3 Å². The summed E-state index contributed by atoms with van der Waals surface area (Å²) in [4.78, 5) is 27.0. The molecule has 7 nitrogen and oxygen atoms in total. The van der Waals surface area contributed by atoms with Gasteiger partial charge in [0, 0.05) is 32.7 Å². The van der Waals surface area contributed by atoms with Gasteiger partial charge in [-0.1, -0.05) is 20.8 Å². The van der Waals surface area contributed by atoms with Gasteiger partial charge < -0.3 is 20.4 Å². The van der Waals surface area contributed by atoms with Crippen LogP contribution in [0.4, 0.5) is 4.79 Å². The third-order valence-corrected chi connectivity index (χ3v) is 3.46. The molecule has 0 aromatic rings. The number of urea groups is 1. The lowest BCUT2D eigenvalue weighted by molar-refractivity contribution is -0.142. The average molecular weight is 287 g/mol. The quantitative estimate of drug-likeness (QED) is 0.666. The summed E-state index contributed by atoms with van der Waals surface area (Å²) in [7, 11) is 0. The molecule has 116 valence electrons. The number of nitrogens with one attached hydrogen (secondary N) is 1. The van der Waals surface area contributed by atoms with Crippen molar-refractivity contribution in [2.24, 2.45) is 5.41 Å². The van der Waals surface area contributed by atoms with Crippen LogP contribution < -0.4 is 5.32 Å². The molecule has 0 radical (unpaired) electrons. The van der Waals surface area contributed by atoms with Gasteiger partial charge in [-0.15, -0.1) is 0 Å². The van der Waals surface area contributed by atoms with Crippen molar-refractivity contribution in [1.29, 1.82) is 0 Å². The molecular weight excluding hydrogens is 262 g/mol. The number of aliphatic hydroxyl groups is 1. The van der Waals surface area contributed by atoms with E-state index in [1.807, 2.05) is 0 Å². The predicted octanol–water partition coefficient (Wildman–Crippen LogP) is -0.195. The SMILES string of the molecule is CC(C)(C)C(NC(=O)N1CCN(CCO)CC1)C(=O)O. The Morgan fingerprint density at radius 2 is 1.75 bits per heavy atom. The molecule has 20 heavy (non-hydrogen) atoms. The minimum Gasteiger partial charge on any atom is -0.480 e. The molecule has 1 fully saturated rings. The molecule has 0 aliphatic carbocycles. The molecule has 0 saturated carbocycles. The van der Waals surface area contributed by atoms with Crippen LogP contribution in [-0.4, -0.2) is 77.4 Å². The number of aliphatic carboxylic acids is 1. The van der Waals surface area contributed by atoms with Crippen LogP contribution in [0.5, 0.6) is 0 Å². The van der Waals surface area contributed by atoms with Gasteiger partial charge in [-0.05, 0) is 5.41 Å². The number of carboxylic acids is 1. The summed E-state index contributed by atoms with van der Waals surface area (Å²) < 4.78 is 0. The number of amides is 2. The number of carbonyl (C=O) groups excluding carboxylic acids is 1. The van der Waals surface area contributed by atoms with Crippen LogP contribution in [0.25, 0.3) is 0 Å². The summed E-state index contributed by atoms with van der Waals surface area (Å²) in [6.07, 6.45) is 0. The minimum absolute atomic E-state index is 0.108. The highest BCUT2D eigenvalue weighted by Gasteiger charge is 2.34. The molecule has 0 bridgehead atoms. The van der Waals surface area contributed by atoms with E-state index in [2.05, 4.69) is 10.2 Å². The summed E-state index contributed by atoms with van der Waals surface area (Å²) in [5.41, 5.74) is -0.541. The number of hydrogen-bond acceptors (Lipinski definition) is 4. The zero-order valence-corrected chi connectivity index (χ0v) is 12.4. The molecule has 0 aromatic carbocycles. The van der Waals surface area contributed by atoms with Crippen molar-refractivity contribution in [1.82, 2.24) is 15.1 Å². The Kier molecular flexibility index (Phi) is 5.76. The molecular formula is C13H25N3O4. The third kappa shape index (κ3) is 4.64. The Balaban J connectivity index is 2.53. The van der Waals surface area contributed by atoms with Crippen molar-refractivity contribution in [3.8, 4) is 0 Å². The lowest BCUT2D eigenvalue weighted by atomic mass is 9.87. The number of aliphatic hydroxyl groups excluding tert-OH is 1. The molecule has 0 spiro atoms. The van der Waals surface area contributed by atoms with Gasteiger partial charge in [-0.3, -0.25) is 4.90 Å². The summed E-state index contributed by atoms with van der Waals surface area (Å²) in [5.74, 6) is -1.02. The molecule has 1 rings (SSSR count). The number of carboxylic acid groups (broad SMARTS) is 1. The lowest BCUT2D eigenvalue weighted by Crippen LogP contribution is -2.57. The first-order valence-corrected chi connectivity index (χ1v) is 6.87. The van der Waals surface area contributed by atoms with Gasteiger partial charge in [0.05, 0.1) is 6.61 Å². The van der Waals surface area contributed by atoms with E-state index >= 15 is 0 Å². The van der Waals surface area contributed by atoms with Crippen molar-refractivity contribution in [2.45, 2.75) is 26.8 Å². The van der Waals surface area contributed by atoms with Crippen LogP contribution >= 0.6 is 0 Å². The fraction of sp³-hybridized carbons (Fsp3) is 0.846. The van der Waals surface area contributed by atoms with E-state index in [4.69, 9.17) is 5.11 Å². The van der Waals surface area contributed by atoms with E-state index in [-0.39, 0.29) is 12.6 Å². The summed E-state index contributed by atoms with van der Waals surface area (Å²) in [5, 5.41) is 20.7. The maximum absolute atomic E-state index is 12.1. The van der Waals surface area contributed by atoms with E-state index in [1.165, 1.54) is 0 Å². The molecule has 1 unspecified atom stereocenters. The fourth-order valence-electron chi connectivity index (χ4n) is 2.18. The maximum Gasteiger partial charge on any atom is 0.326 e. The van der Waals surface area contributed by atoms with Crippen LogP contribution in [0.1, 0.15) is 20.8 Å². The molecule has 0 aromatic heterocycles. The number of β-amino-alcohol motifs (C(OH)–C–C–N with tert-alkyl or cyclic N) is 1. The molecule has 1 aliphatic heterocycles. The van der Waals surface area contributed by atoms with Gasteiger partial charge in [0.15, 0.2) is 0 Å². The zero-order chi connectivity index (χ0) is 15.3. The van der Waals surface area contributed by atoms with E-state index < -0.39 is 17.4 Å². The number of nitrogens with zero attached hydrogens (tertiary/aromatic N) is 2. The standard InChI is InChI=1S/C13H25N3O4/c1-13(2,3)10(11(18)19)14-12(20)16-6-4-15(5-7-16)8-9-17/h10,17H,4-9H2,1-3H3,(H,14,20)(H,18,19).